The SMILES string of the molecule is CC(=O)N[C@@H](C(=O)N1CC[NH+](Cc2ccc(C(C)C)cc2)CC1)C(C)C. The summed E-state index contributed by atoms with van der Waals surface area (Å²) in [5, 5.41) is 2.80. The van der Waals surface area contributed by atoms with Gasteiger partial charge in [0.1, 0.15) is 12.6 Å². The van der Waals surface area contributed by atoms with Gasteiger partial charge in [-0.25, -0.2) is 0 Å². The second kappa shape index (κ2) is 9.17. The van der Waals surface area contributed by atoms with Crippen LogP contribution in [0.25, 0.3) is 0 Å². The minimum absolute atomic E-state index is 0.0514. The average molecular weight is 361 g/mol. The van der Waals surface area contributed by atoms with E-state index in [9.17, 15) is 9.59 Å². The van der Waals surface area contributed by atoms with Crippen LogP contribution in [0.1, 0.15) is 51.7 Å². The number of carbonyl (C=O) groups is 2. The molecule has 1 aromatic rings. The quantitative estimate of drug-likeness (QED) is 0.801. The van der Waals surface area contributed by atoms with Gasteiger partial charge in [0.15, 0.2) is 0 Å². The zero-order valence-electron chi connectivity index (χ0n) is 16.8. The molecule has 2 N–H and O–H groups in total. The van der Waals surface area contributed by atoms with Crippen molar-refractivity contribution in [3.05, 3.63) is 35.4 Å². The fraction of sp³-hybridized carbons (Fsp3) is 0.619. The van der Waals surface area contributed by atoms with Gasteiger partial charge in [0.2, 0.25) is 11.8 Å². The Morgan fingerprint density at radius 2 is 1.65 bits per heavy atom. The van der Waals surface area contributed by atoms with E-state index in [0.717, 1.165) is 32.7 Å². The molecule has 0 spiro atoms. The van der Waals surface area contributed by atoms with Crippen molar-refractivity contribution in [3.63, 3.8) is 0 Å². The summed E-state index contributed by atoms with van der Waals surface area (Å²) in [5.74, 6) is 0.557. The van der Waals surface area contributed by atoms with Crippen molar-refractivity contribution < 1.29 is 14.5 Å². The number of benzene rings is 1. The van der Waals surface area contributed by atoms with E-state index < -0.39 is 6.04 Å². The molecule has 5 heteroatoms. The van der Waals surface area contributed by atoms with E-state index in [1.807, 2.05) is 18.7 Å². The number of amides is 2. The molecule has 26 heavy (non-hydrogen) atoms. The minimum Gasteiger partial charge on any atom is -0.344 e. The van der Waals surface area contributed by atoms with Crippen molar-refractivity contribution in [2.45, 2.75) is 53.1 Å². The third-order valence-corrected chi connectivity index (χ3v) is 5.17. The van der Waals surface area contributed by atoms with Crippen LogP contribution in [0.4, 0.5) is 0 Å². The smallest absolute Gasteiger partial charge is 0.245 e. The number of nitrogens with zero attached hydrogens (tertiary/aromatic N) is 1. The lowest BCUT2D eigenvalue weighted by molar-refractivity contribution is -0.917. The van der Waals surface area contributed by atoms with Gasteiger partial charge in [-0.1, -0.05) is 52.0 Å². The molecule has 0 aliphatic carbocycles. The van der Waals surface area contributed by atoms with Crippen molar-refractivity contribution in [1.82, 2.24) is 10.2 Å². The van der Waals surface area contributed by atoms with Crippen LogP contribution in [0.15, 0.2) is 24.3 Å². The molecule has 2 amide bonds. The van der Waals surface area contributed by atoms with E-state index in [2.05, 4.69) is 43.4 Å². The first-order valence-electron chi connectivity index (χ1n) is 9.76. The van der Waals surface area contributed by atoms with Gasteiger partial charge in [0, 0.05) is 12.5 Å². The van der Waals surface area contributed by atoms with Crippen LogP contribution in [0, 0.1) is 5.92 Å². The molecule has 2 rings (SSSR count). The predicted molar refractivity (Wildman–Crippen MR) is 104 cm³/mol. The Hall–Kier alpha value is -1.88. The number of rotatable bonds is 6. The second-order valence-electron chi connectivity index (χ2n) is 8.07. The van der Waals surface area contributed by atoms with Crippen molar-refractivity contribution in [2.24, 2.45) is 5.92 Å². The number of piperazine rings is 1. The van der Waals surface area contributed by atoms with Gasteiger partial charge < -0.3 is 15.1 Å². The molecular weight excluding hydrogens is 326 g/mol. The number of carbonyl (C=O) groups excluding carboxylic acids is 2. The molecule has 5 nitrogen and oxygen atoms in total. The molecule has 144 valence electrons. The summed E-state index contributed by atoms with van der Waals surface area (Å²) < 4.78 is 0. The summed E-state index contributed by atoms with van der Waals surface area (Å²) in [7, 11) is 0. The average Bonchev–Trinajstić information content (AvgIpc) is 2.60. The van der Waals surface area contributed by atoms with E-state index in [1.165, 1.54) is 23.0 Å². The maximum atomic E-state index is 12.7. The van der Waals surface area contributed by atoms with Gasteiger partial charge in [-0.2, -0.15) is 0 Å². The molecule has 1 fully saturated rings. The summed E-state index contributed by atoms with van der Waals surface area (Å²) in [4.78, 5) is 27.5. The van der Waals surface area contributed by atoms with Gasteiger partial charge in [-0.3, -0.25) is 9.59 Å². The van der Waals surface area contributed by atoms with Crippen LogP contribution in [0.3, 0.4) is 0 Å². The minimum atomic E-state index is -0.419. The fourth-order valence-electron chi connectivity index (χ4n) is 3.46. The van der Waals surface area contributed by atoms with E-state index in [-0.39, 0.29) is 17.7 Å². The van der Waals surface area contributed by atoms with Crippen LogP contribution in [0.5, 0.6) is 0 Å². The number of hydrogen-bond donors (Lipinski definition) is 2. The molecule has 0 radical (unpaired) electrons. The lowest BCUT2D eigenvalue weighted by atomic mass is 10.0. The Morgan fingerprint density at radius 3 is 2.12 bits per heavy atom. The Balaban J connectivity index is 1.87. The summed E-state index contributed by atoms with van der Waals surface area (Å²) in [6.45, 7) is 14.2. The van der Waals surface area contributed by atoms with Gasteiger partial charge in [-0.15, -0.1) is 0 Å². The van der Waals surface area contributed by atoms with Crippen molar-refractivity contribution in [1.29, 1.82) is 0 Å². The van der Waals surface area contributed by atoms with E-state index in [0.29, 0.717) is 5.92 Å². The molecule has 1 heterocycles. The summed E-state index contributed by atoms with van der Waals surface area (Å²) in [6.07, 6.45) is 0. The topological polar surface area (TPSA) is 53.9 Å². The standard InChI is InChI=1S/C21H33N3O2/c1-15(2)19-8-6-18(7-9-19)14-23-10-12-24(13-11-23)21(26)20(16(3)4)22-17(5)25/h6-9,15-16,20H,10-14H2,1-5H3,(H,22,25)/p+1/t20-/m1/s1. The zero-order chi connectivity index (χ0) is 19.3. The summed E-state index contributed by atoms with van der Waals surface area (Å²) in [6, 6.07) is 8.48. The molecule has 1 atom stereocenters. The van der Waals surface area contributed by atoms with Crippen LogP contribution < -0.4 is 10.2 Å². The Kier molecular flexibility index (Phi) is 7.21. The zero-order valence-corrected chi connectivity index (χ0v) is 16.8. The maximum Gasteiger partial charge on any atom is 0.245 e. The molecule has 0 saturated carbocycles. The monoisotopic (exact) mass is 360 g/mol. The van der Waals surface area contributed by atoms with Crippen LogP contribution in [-0.2, 0) is 16.1 Å². The van der Waals surface area contributed by atoms with Gasteiger partial charge in [-0.05, 0) is 17.4 Å². The summed E-state index contributed by atoms with van der Waals surface area (Å²) in [5.41, 5.74) is 2.72. The molecule has 0 unspecified atom stereocenters. The van der Waals surface area contributed by atoms with Crippen molar-refractivity contribution in [3.8, 4) is 0 Å². The predicted octanol–water partition coefficient (Wildman–Crippen LogP) is 1.20. The third kappa shape index (κ3) is 5.56. The maximum absolute atomic E-state index is 12.7. The molecular formula is C21H34N3O2+. The molecule has 0 aromatic heterocycles. The Bertz CT molecular complexity index is 602. The van der Waals surface area contributed by atoms with Crippen molar-refractivity contribution in [2.75, 3.05) is 26.2 Å². The number of quaternary nitrogens is 1. The first-order valence-corrected chi connectivity index (χ1v) is 9.76. The lowest BCUT2D eigenvalue weighted by Gasteiger charge is -2.35. The van der Waals surface area contributed by atoms with Gasteiger partial charge >= 0.3 is 0 Å². The van der Waals surface area contributed by atoms with Gasteiger partial charge in [0.25, 0.3) is 0 Å². The highest BCUT2D eigenvalue weighted by Crippen LogP contribution is 2.14. The van der Waals surface area contributed by atoms with E-state index >= 15 is 0 Å². The Morgan fingerprint density at radius 1 is 1.08 bits per heavy atom. The first kappa shape index (κ1) is 20.4. The Labute approximate surface area is 157 Å². The number of hydrogen-bond acceptors (Lipinski definition) is 2. The van der Waals surface area contributed by atoms with E-state index in [1.54, 1.807) is 0 Å². The largest absolute Gasteiger partial charge is 0.344 e. The lowest BCUT2D eigenvalue weighted by Crippen LogP contribution is -3.13. The molecule has 0 bridgehead atoms. The number of nitrogens with one attached hydrogen (secondary N) is 2. The highest BCUT2D eigenvalue weighted by atomic mass is 16.2. The third-order valence-electron chi connectivity index (χ3n) is 5.17. The second-order valence-corrected chi connectivity index (χ2v) is 8.07. The molecule has 1 aliphatic heterocycles. The molecule has 1 aliphatic rings. The fourth-order valence-corrected chi connectivity index (χ4v) is 3.46. The first-order chi connectivity index (χ1) is 12.3. The normalized spacial score (nSPS) is 16.8. The van der Waals surface area contributed by atoms with Crippen LogP contribution in [-0.4, -0.2) is 48.9 Å². The van der Waals surface area contributed by atoms with Crippen LogP contribution >= 0.6 is 0 Å². The summed E-state index contributed by atoms with van der Waals surface area (Å²) >= 11 is 0. The van der Waals surface area contributed by atoms with Crippen LogP contribution in [0.2, 0.25) is 0 Å². The van der Waals surface area contributed by atoms with Gasteiger partial charge in [0.05, 0.1) is 26.2 Å². The molecule has 1 aromatic carbocycles. The van der Waals surface area contributed by atoms with E-state index in [4.69, 9.17) is 0 Å². The highest BCUT2D eigenvalue weighted by Gasteiger charge is 2.31. The highest BCUT2D eigenvalue weighted by molar-refractivity contribution is 5.87. The molecule has 1 saturated heterocycles. The van der Waals surface area contributed by atoms with Crippen molar-refractivity contribution >= 4 is 11.8 Å².